The Balaban J connectivity index is 2.36. The minimum atomic E-state index is 0.515. The smallest absolute Gasteiger partial charge is 0.121 e. The molecule has 84 valence electrons. The molecular weight excluding hydrogens is 188 g/mol. The molecule has 1 aromatic carbocycles. The molecule has 1 rings (SSSR count). The van der Waals surface area contributed by atoms with E-state index in [4.69, 9.17) is 10.5 Å². The number of rotatable bonds is 5. The maximum Gasteiger partial charge on any atom is 0.121 e. The van der Waals surface area contributed by atoms with Crippen LogP contribution in [-0.2, 0) is 0 Å². The molecule has 0 aliphatic rings. The lowest BCUT2D eigenvalue weighted by atomic mass is 10.2. The molecule has 0 radical (unpaired) electrons. The first-order chi connectivity index (χ1) is 7.08. The van der Waals surface area contributed by atoms with Gasteiger partial charge < -0.3 is 15.4 Å². The second-order valence-corrected chi connectivity index (χ2v) is 4.25. The first-order valence-corrected chi connectivity index (χ1v) is 5.21. The van der Waals surface area contributed by atoms with Crippen LogP contribution in [0.4, 0.5) is 5.69 Å². The molecule has 0 spiro atoms. The van der Waals surface area contributed by atoms with E-state index in [-0.39, 0.29) is 0 Å². The maximum atomic E-state index is 5.66. The van der Waals surface area contributed by atoms with Gasteiger partial charge in [-0.05, 0) is 26.2 Å². The summed E-state index contributed by atoms with van der Waals surface area (Å²) in [5.74, 6) is 1.36. The fourth-order valence-electron chi connectivity index (χ4n) is 1.52. The van der Waals surface area contributed by atoms with Gasteiger partial charge in [0, 0.05) is 24.2 Å². The second kappa shape index (κ2) is 5.61. The van der Waals surface area contributed by atoms with E-state index in [0.717, 1.165) is 24.6 Å². The molecule has 0 bridgehead atoms. The van der Waals surface area contributed by atoms with Gasteiger partial charge in [-0.15, -0.1) is 0 Å². The molecule has 0 aliphatic carbocycles. The minimum absolute atomic E-state index is 0.515. The van der Waals surface area contributed by atoms with Crippen molar-refractivity contribution >= 4 is 5.69 Å². The van der Waals surface area contributed by atoms with Gasteiger partial charge >= 0.3 is 0 Å². The first-order valence-electron chi connectivity index (χ1n) is 5.21. The summed E-state index contributed by atoms with van der Waals surface area (Å²) in [6.07, 6.45) is 0. The average Bonchev–Trinajstić information content (AvgIpc) is 2.14. The Kier molecular flexibility index (Phi) is 4.43. The predicted octanol–water partition coefficient (Wildman–Crippen LogP) is 1.85. The van der Waals surface area contributed by atoms with Crippen LogP contribution in [0.2, 0.25) is 0 Å². The van der Waals surface area contributed by atoms with Gasteiger partial charge in [0.25, 0.3) is 0 Å². The van der Waals surface area contributed by atoms with Crippen molar-refractivity contribution < 1.29 is 4.74 Å². The lowest BCUT2D eigenvalue weighted by molar-refractivity contribution is 0.222. The molecule has 3 heteroatoms. The summed E-state index contributed by atoms with van der Waals surface area (Å²) >= 11 is 0. The van der Waals surface area contributed by atoms with Crippen LogP contribution in [0.1, 0.15) is 6.92 Å². The van der Waals surface area contributed by atoms with Gasteiger partial charge in [0.15, 0.2) is 0 Å². The number of nitrogen functional groups attached to an aromatic ring is 1. The largest absolute Gasteiger partial charge is 0.493 e. The van der Waals surface area contributed by atoms with E-state index in [2.05, 4.69) is 25.9 Å². The number of nitrogens with two attached hydrogens (primary N) is 1. The van der Waals surface area contributed by atoms with Crippen LogP contribution in [0.25, 0.3) is 0 Å². The molecule has 1 aromatic rings. The fourth-order valence-corrected chi connectivity index (χ4v) is 1.52. The van der Waals surface area contributed by atoms with Crippen LogP contribution in [0, 0.1) is 5.92 Å². The third-order valence-corrected chi connectivity index (χ3v) is 2.07. The highest BCUT2D eigenvalue weighted by molar-refractivity contribution is 5.43. The normalized spacial score (nSPS) is 12.8. The highest BCUT2D eigenvalue weighted by Crippen LogP contribution is 2.15. The topological polar surface area (TPSA) is 38.5 Å². The van der Waals surface area contributed by atoms with E-state index < -0.39 is 0 Å². The Morgan fingerprint density at radius 3 is 2.73 bits per heavy atom. The zero-order chi connectivity index (χ0) is 11.3. The second-order valence-electron chi connectivity index (χ2n) is 4.25. The maximum absolute atomic E-state index is 5.66. The number of hydrogen-bond donors (Lipinski definition) is 1. The van der Waals surface area contributed by atoms with Gasteiger partial charge in [-0.3, -0.25) is 0 Å². The monoisotopic (exact) mass is 208 g/mol. The van der Waals surface area contributed by atoms with Crippen LogP contribution in [0.3, 0.4) is 0 Å². The SMILES string of the molecule is CC(COc1cccc(N)c1)CN(C)C. The van der Waals surface area contributed by atoms with E-state index in [1.165, 1.54) is 0 Å². The van der Waals surface area contributed by atoms with Crippen molar-refractivity contribution in [3.05, 3.63) is 24.3 Å². The standard InChI is InChI=1S/C12H20N2O/c1-10(8-14(2)3)9-15-12-6-4-5-11(13)7-12/h4-7,10H,8-9,13H2,1-3H3. The Labute approximate surface area is 91.8 Å². The van der Waals surface area contributed by atoms with Crippen molar-refractivity contribution in [3.8, 4) is 5.75 Å². The summed E-state index contributed by atoms with van der Waals surface area (Å²) in [5, 5.41) is 0. The number of anilines is 1. The van der Waals surface area contributed by atoms with Gasteiger partial charge in [-0.2, -0.15) is 0 Å². The Bertz CT molecular complexity index is 299. The van der Waals surface area contributed by atoms with Crippen LogP contribution < -0.4 is 10.5 Å². The molecule has 15 heavy (non-hydrogen) atoms. The lowest BCUT2D eigenvalue weighted by Crippen LogP contribution is -2.24. The van der Waals surface area contributed by atoms with Crippen molar-refractivity contribution in [3.63, 3.8) is 0 Å². The molecule has 0 heterocycles. The molecule has 3 nitrogen and oxygen atoms in total. The zero-order valence-electron chi connectivity index (χ0n) is 9.73. The summed E-state index contributed by atoms with van der Waals surface area (Å²) in [6.45, 7) is 3.93. The van der Waals surface area contributed by atoms with Crippen LogP contribution in [0.15, 0.2) is 24.3 Å². The van der Waals surface area contributed by atoms with Crippen LogP contribution in [0.5, 0.6) is 5.75 Å². The van der Waals surface area contributed by atoms with E-state index >= 15 is 0 Å². The molecule has 0 aromatic heterocycles. The molecule has 1 unspecified atom stereocenters. The fraction of sp³-hybridized carbons (Fsp3) is 0.500. The van der Waals surface area contributed by atoms with E-state index in [9.17, 15) is 0 Å². The summed E-state index contributed by atoms with van der Waals surface area (Å²) in [6, 6.07) is 7.54. The third-order valence-electron chi connectivity index (χ3n) is 2.07. The summed E-state index contributed by atoms with van der Waals surface area (Å²) < 4.78 is 5.64. The van der Waals surface area contributed by atoms with E-state index in [0.29, 0.717) is 5.92 Å². The molecule has 0 aliphatic heterocycles. The van der Waals surface area contributed by atoms with Crippen molar-refractivity contribution in [1.82, 2.24) is 4.90 Å². The van der Waals surface area contributed by atoms with E-state index in [1.54, 1.807) is 0 Å². The Hall–Kier alpha value is -1.22. The Morgan fingerprint density at radius 1 is 1.40 bits per heavy atom. The van der Waals surface area contributed by atoms with Crippen LogP contribution in [-0.4, -0.2) is 32.1 Å². The Morgan fingerprint density at radius 2 is 2.13 bits per heavy atom. The summed E-state index contributed by atoms with van der Waals surface area (Å²) in [5.41, 5.74) is 6.40. The molecule has 0 saturated carbocycles. The van der Waals surface area contributed by atoms with Crippen LogP contribution >= 0.6 is 0 Å². The number of hydrogen-bond acceptors (Lipinski definition) is 3. The van der Waals surface area contributed by atoms with Crippen molar-refractivity contribution in [2.75, 3.05) is 33.0 Å². The van der Waals surface area contributed by atoms with Crippen molar-refractivity contribution in [2.24, 2.45) is 5.92 Å². The van der Waals surface area contributed by atoms with Gasteiger partial charge in [-0.1, -0.05) is 13.0 Å². The highest BCUT2D eigenvalue weighted by Gasteiger charge is 2.04. The molecule has 0 fully saturated rings. The van der Waals surface area contributed by atoms with Crippen molar-refractivity contribution in [1.29, 1.82) is 0 Å². The number of ether oxygens (including phenoxy) is 1. The summed E-state index contributed by atoms with van der Waals surface area (Å²) in [7, 11) is 4.13. The molecular formula is C12H20N2O. The average molecular weight is 208 g/mol. The van der Waals surface area contributed by atoms with Gasteiger partial charge in [0.05, 0.1) is 6.61 Å². The zero-order valence-corrected chi connectivity index (χ0v) is 9.73. The first kappa shape index (κ1) is 11.9. The molecule has 0 amide bonds. The minimum Gasteiger partial charge on any atom is -0.493 e. The van der Waals surface area contributed by atoms with Gasteiger partial charge in [-0.25, -0.2) is 0 Å². The third kappa shape index (κ3) is 4.70. The number of nitrogens with zero attached hydrogens (tertiary/aromatic N) is 1. The summed E-state index contributed by atoms with van der Waals surface area (Å²) in [4.78, 5) is 2.16. The lowest BCUT2D eigenvalue weighted by Gasteiger charge is -2.17. The molecule has 0 saturated heterocycles. The molecule has 1 atom stereocenters. The van der Waals surface area contributed by atoms with E-state index in [1.807, 2.05) is 24.3 Å². The van der Waals surface area contributed by atoms with Gasteiger partial charge in [0.2, 0.25) is 0 Å². The van der Waals surface area contributed by atoms with Gasteiger partial charge in [0.1, 0.15) is 5.75 Å². The quantitative estimate of drug-likeness (QED) is 0.750. The van der Waals surface area contributed by atoms with Crippen molar-refractivity contribution in [2.45, 2.75) is 6.92 Å². The number of benzene rings is 1. The predicted molar refractivity (Wildman–Crippen MR) is 64.1 cm³/mol. The molecule has 2 N–H and O–H groups in total. The highest BCUT2D eigenvalue weighted by atomic mass is 16.5.